The number of nitrogens with zero attached hydrogens (tertiary/aromatic N) is 5. The molecule has 12 nitrogen and oxygen atoms in total. The van der Waals surface area contributed by atoms with Gasteiger partial charge in [0.2, 0.25) is 16.0 Å². The van der Waals surface area contributed by atoms with Gasteiger partial charge in [-0.3, -0.25) is 0 Å². The van der Waals surface area contributed by atoms with E-state index in [1.54, 1.807) is 37.2 Å². The maximum atomic E-state index is 14.5. The van der Waals surface area contributed by atoms with Gasteiger partial charge in [-0.2, -0.15) is 17.5 Å². The molecule has 1 aromatic carbocycles. The zero-order chi connectivity index (χ0) is 37.6. The number of halogens is 3. The molecule has 0 spiro atoms. The van der Waals surface area contributed by atoms with Gasteiger partial charge in [-0.05, 0) is 65.1 Å². The number of aromatic nitrogens is 3. The summed E-state index contributed by atoms with van der Waals surface area (Å²) < 4.78 is 85.2. The third-order valence-corrected chi connectivity index (χ3v) is 12.4. The molecule has 2 saturated heterocycles. The van der Waals surface area contributed by atoms with Crippen molar-refractivity contribution in [3.63, 3.8) is 0 Å². The van der Waals surface area contributed by atoms with Crippen LogP contribution in [0.3, 0.4) is 0 Å². The van der Waals surface area contributed by atoms with Crippen molar-refractivity contribution in [1.29, 1.82) is 0 Å². The minimum atomic E-state index is -4.80. The molecule has 2 fully saturated rings. The minimum Gasteiger partial charge on any atom is -0.444 e. The number of hydrogen-bond acceptors (Lipinski definition) is 9. The summed E-state index contributed by atoms with van der Waals surface area (Å²) in [6.45, 7) is 14.7. The molecule has 2 aliphatic rings. The molecule has 0 aliphatic carbocycles. The van der Waals surface area contributed by atoms with Gasteiger partial charge in [-0.1, -0.05) is 25.7 Å². The Bertz CT molecular complexity index is 1860. The van der Waals surface area contributed by atoms with E-state index in [1.165, 1.54) is 28.7 Å². The van der Waals surface area contributed by atoms with Crippen LogP contribution in [0.4, 0.5) is 23.9 Å². The summed E-state index contributed by atoms with van der Waals surface area (Å²) >= 11 is 0. The number of amides is 1. The zero-order valence-corrected chi connectivity index (χ0v) is 32.1. The maximum Gasteiger partial charge on any atom is 0.419 e. The van der Waals surface area contributed by atoms with Gasteiger partial charge in [0.05, 0.1) is 21.7 Å². The van der Waals surface area contributed by atoms with Crippen LogP contribution < -0.4 is 5.32 Å². The van der Waals surface area contributed by atoms with Crippen LogP contribution >= 0.6 is 0 Å². The number of benzene rings is 1. The number of aliphatic hydroxyl groups is 1. The van der Waals surface area contributed by atoms with E-state index >= 15 is 0 Å². The van der Waals surface area contributed by atoms with Gasteiger partial charge in [0, 0.05) is 70.2 Å². The Balaban J connectivity index is 1.53. The molecule has 4 heterocycles. The van der Waals surface area contributed by atoms with Crippen molar-refractivity contribution in [3.05, 3.63) is 36.2 Å². The smallest absolute Gasteiger partial charge is 0.419 e. The molecule has 282 valence electrons. The lowest BCUT2D eigenvalue weighted by Gasteiger charge is -2.34. The van der Waals surface area contributed by atoms with Crippen LogP contribution in [0.25, 0.3) is 22.2 Å². The average molecular weight is 755 g/mol. The number of nitrogens with one attached hydrogen (secondary N) is 1. The topological polar surface area (TPSA) is 139 Å². The Labute approximate surface area is 298 Å². The number of fused-ring (bicyclic) bond motifs is 1. The van der Waals surface area contributed by atoms with Crippen LogP contribution in [0, 0.1) is 0 Å². The molecule has 5 rings (SSSR count). The van der Waals surface area contributed by atoms with Crippen molar-refractivity contribution in [1.82, 2.24) is 23.7 Å². The van der Waals surface area contributed by atoms with E-state index in [0.29, 0.717) is 36.9 Å². The van der Waals surface area contributed by atoms with Gasteiger partial charge in [-0.15, -0.1) is 0 Å². The van der Waals surface area contributed by atoms with Crippen molar-refractivity contribution in [2.45, 2.75) is 108 Å². The van der Waals surface area contributed by atoms with E-state index in [1.807, 2.05) is 0 Å². The minimum absolute atomic E-state index is 0.0248. The number of rotatable bonds is 10. The quantitative estimate of drug-likeness (QED) is 0.178. The van der Waals surface area contributed by atoms with Crippen LogP contribution in [0.2, 0.25) is 25.7 Å². The fourth-order valence-electron chi connectivity index (χ4n) is 6.16. The van der Waals surface area contributed by atoms with E-state index in [4.69, 9.17) is 9.47 Å². The highest BCUT2D eigenvalue weighted by Crippen LogP contribution is 2.40. The molecule has 3 aromatic rings. The first-order valence-corrected chi connectivity index (χ1v) is 22.3. The molecule has 0 saturated carbocycles. The van der Waals surface area contributed by atoms with E-state index in [0.717, 1.165) is 12.2 Å². The van der Waals surface area contributed by atoms with E-state index in [-0.39, 0.29) is 60.9 Å². The lowest BCUT2D eigenvalue weighted by molar-refractivity contribution is -0.137. The molecular weight excluding hydrogens is 706 g/mol. The molecule has 0 bridgehead atoms. The third-order valence-electron chi connectivity index (χ3n) is 8.89. The maximum absolute atomic E-state index is 14.5. The first-order valence-electron chi connectivity index (χ1n) is 17.1. The van der Waals surface area contributed by atoms with Gasteiger partial charge < -0.3 is 29.4 Å². The van der Waals surface area contributed by atoms with E-state index in [9.17, 15) is 31.5 Å². The van der Waals surface area contributed by atoms with Crippen LogP contribution in [0.5, 0.6) is 0 Å². The predicted molar refractivity (Wildman–Crippen MR) is 191 cm³/mol. The van der Waals surface area contributed by atoms with E-state index < -0.39 is 47.1 Å². The summed E-state index contributed by atoms with van der Waals surface area (Å²) in [6, 6.07) is 4.81. The highest BCUT2D eigenvalue weighted by Gasteiger charge is 2.40. The Hall–Kier alpha value is -3.25. The molecule has 2 aromatic heterocycles. The first kappa shape index (κ1) is 39.0. The predicted octanol–water partition coefficient (Wildman–Crippen LogP) is 6.39. The second-order valence-electron chi connectivity index (χ2n) is 16.0. The zero-order valence-electron chi connectivity index (χ0n) is 30.3. The van der Waals surface area contributed by atoms with Gasteiger partial charge in [0.15, 0.2) is 0 Å². The van der Waals surface area contributed by atoms with Gasteiger partial charge in [-0.25, -0.2) is 23.2 Å². The molecule has 17 heteroatoms. The highest BCUT2D eigenvalue weighted by molar-refractivity contribution is 7.89. The Morgan fingerprint density at radius 1 is 1.18 bits per heavy atom. The molecule has 1 amide bonds. The normalized spacial score (nSPS) is 21.0. The summed E-state index contributed by atoms with van der Waals surface area (Å²) in [4.78, 5) is 22.6. The number of carbonyl (C=O) groups excluding carboxylic acids is 1. The average Bonchev–Trinajstić information content (AvgIpc) is 3.57. The number of β-amino-alcohol motifs (C(OH)–C–C–N with tert-alkyl or cyclic N) is 1. The van der Waals surface area contributed by atoms with Crippen molar-refractivity contribution >= 4 is 41.0 Å². The fraction of sp³-hybridized carbons (Fsp3) is 0.618. The Morgan fingerprint density at radius 2 is 1.90 bits per heavy atom. The molecular formula is C34H49F3N6O6SSi. The molecule has 2 aliphatic heterocycles. The monoisotopic (exact) mass is 754 g/mol. The number of anilines is 1. The summed E-state index contributed by atoms with van der Waals surface area (Å²) in [5, 5.41) is 13.9. The summed E-state index contributed by atoms with van der Waals surface area (Å²) in [7, 11) is -5.47. The number of hydrogen-bond donors (Lipinski definition) is 2. The molecule has 1 unspecified atom stereocenters. The summed E-state index contributed by atoms with van der Waals surface area (Å²) in [5.74, 6) is -0.0402. The second-order valence-corrected chi connectivity index (χ2v) is 23.5. The number of sulfonamides is 1. The molecule has 51 heavy (non-hydrogen) atoms. The van der Waals surface area contributed by atoms with Gasteiger partial charge in [0.1, 0.15) is 17.9 Å². The van der Waals surface area contributed by atoms with E-state index in [2.05, 4.69) is 34.9 Å². The van der Waals surface area contributed by atoms with Crippen LogP contribution in [0.1, 0.15) is 52.5 Å². The summed E-state index contributed by atoms with van der Waals surface area (Å²) in [5.41, 5.74) is -2.79. The van der Waals surface area contributed by atoms with Crippen molar-refractivity contribution in [2.24, 2.45) is 0 Å². The SMILES string of the molecule is CC1(O)CCN(S(=O)(=O)c2ccc3c(-c4nc(N[C@H]5CCCN(C(=O)OC(C)(C)C)C5)ncc4C(F)(F)F)cn(COCC[Si](C)(C)C)c3c2)C1. The standard InChI is InChI=1S/C34H49F3N6O6SSi/c1-32(2,3)49-31(44)41-13-8-9-23(19-41)39-30-38-18-27(34(35,36)37)29(40-30)26-20-42(22-48-15-16-51(5,6)7)28-17-24(10-11-25(26)28)50(46,47)43-14-12-33(4,45)21-43/h10-11,17-18,20,23,45H,8-9,12-16,19,21-22H2,1-7H3,(H,38,39,40)/t23-,33?/m0/s1. The molecule has 2 N–H and O–H groups in total. The lowest BCUT2D eigenvalue weighted by atomic mass is 10.1. The van der Waals surface area contributed by atoms with Crippen molar-refractivity contribution in [2.75, 3.05) is 38.1 Å². The number of piperidine rings is 1. The molecule has 0 radical (unpaired) electrons. The Kier molecular flexibility index (Phi) is 10.9. The largest absolute Gasteiger partial charge is 0.444 e. The first-order chi connectivity index (χ1) is 23.5. The van der Waals surface area contributed by atoms with Crippen molar-refractivity contribution < 1.29 is 41.0 Å². The van der Waals surface area contributed by atoms with Gasteiger partial charge >= 0.3 is 12.3 Å². The molecule has 2 atom stereocenters. The third kappa shape index (κ3) is 9.60. The van der Waals surface area contributed by atoms with Gasteiger partial charge in [0.25, 0.3) is 0 Å². The lowest BCUT2D eigenvalue weighted by Crippen LogP contribution is -2.47. The van der Waals surface area contributed by atoms with Crippen LogP contribution in [-0.2, 0) is 32.4 Å². The van der Waals surface area contributed by atoms with Crippen LogP contribution in [-0.4, -0.2) is 101 Å². The Morgan fingerprint density at radius 3 is 2.53 bits per heavy atom. The van der Waals surface area contributed by atoms with Crippen molar-refractivity contribution in [3.8, 4) is 11.3 Å². The second kappa shape index (κ2) is 14.3. The number of ether oxygens (including phenoxy) is 2. The fourth-order valence-corrected chi connectivity index (χ4v) is 8.50. The summed E-state index contributed by atoms with van der Waals surface area (Å²) in [6.07, 6.45) is -1.46. The highest BCUT2D eigenvalue weighted by atomic mass is 32.2. The number of likely N-dealkylation sites (tertiary alicyclic amines) is 1. The number of alkyl halides is 3. The van der Waals surface area contributed by atoms with Crippen LogP contribution in [0.15, 0.2) is 35.5 Å². The number of carbonyl (C=O) groups is 1.